The molecule has 4 rings (SSSR count). The average Bonchev–Trinajstić information content (AvgIpc) is 2.80. The third-order valence-electron chi connectivity index (χ3n) is 4.51. The number of nitrogens with zero attached hydrogens (tertiary/aromatic N) is 2. The van der Waals surface area contributed by atoms with E-state index in [1.54, 1.807) is 42.5 Å². The van der Waals surface area contributed by atoms with Crippen LogP contribution in [0.5, 0.6) is 11.5 Å². The molecule has 1 aliphatic heterocycles. The van der Waals surface area contributed by atoms with Crippen molar-refractivity contribution in [1.29, 1.82) is 5.26 Å². The zero-order chi connectivity index (χ0) is 21.8. The largest absolute Gasteiger partial charge is 0.486 e. The van der Waals surface area contributed by atoms with Crippen molar-refractivity contribution < 1.29 is 23.8 Å². The lowest BCUT2D eigenvalue weighted by molar-refractivity contribution is -0.113. The zero-order valence-electron chi connectivity index (χ0n) is 16.5. The van der Waals surface area contributed by atoms with Gasteiger partial charge in [0, 0.05) is 11.5 Å². The summed E-state index contributed by atoms with van der Waals surface area (Å²) in [5.74, 6) is 0.348. The third kappa shape index (κ3) is 4.39. The highest BCUT2D eigenvalue weighted by molar-refractivity contribution is 8.00. The molecule has 0 bridgehead atoms. The number of amides is 1. The van der Waals surface area contributed by atoms with E-state index < -0.39 is 5.97 Å². The van der Waals surface area contributed by atoms with Crippen molar-refractivity contribution in [2.24, 2.45) is 0 Å². The number of esters is 1. The van der Waals surface area contributed by atoms with Gasteiger partial charge in [0.25, 0.3) is 0 Å². The van der Waals surface area contributed by atoms with Gasteiger partial charge in [-0.25, -0.2) is 9.78 Å². The number of methoxy groups -OCH3 is 1. The van der Waals surface area contributed by atoms with Gasteiger partial charge in [0.05, 0.1) is 35.2 Å². The molecule has 2 heterocycles. The molecular weight excluding hydrogens is 418 g/mol. The molecule has 9 heteroatoms. The Morgan fingerprint density at radius 3 is 2.68 bits per heavy atom. The Morgan fingerprint density at radius 2 is 1.94 bits per heavy atom. The number of pyridine rings is 1. The van der Waals surface area contributed by atoms with Crippen LogP contribution in [0.2, 0.25) is 0 Å². The summed E-state index contributed by atoms with van der Waals surface area (Å²) in [7, 11) is 1.28. The van der Waals surface area contributed by atoms with Crippen LogP contribution in [0.25, 0.3) is 10.9 Å². The Bertz CT molecular complexity index is 1220. The van der Waals surface area contributed by atoms with Gasteiger partial charge in [0.2, 0.25) is 5.91 Å². The molecular formula is C22H17N3O5S. The van der Waals surface area contributed by atoms with Crippen LogP contribution in [0.4, 0.5) is 5.69 Å². The summed E-state index contributed by atoms with van der Waals surface area (Å²) < 4.78 is 15.9. The molecule has 2 aromatic carbocycles. The van der Waals surface area contributed by atoms with E-state index >= 15 is 0 Å². The summed E-state index contributed by atoms with van der Waals surface area (Å²) in [6, 6.07) is 14.0. The van der Waals surface area contributed by atoms with E-state index in [0.29, 0.717) is 46.5 Å². The molecule has 0 aliphatic carbocycles. The van der Waals surface area contributed by atoms with E-state index in [4.69, 9.17) is 14.2 Å². The van der Waals surface area contributed by atoms with Crippen molar-refractivity contribution in [3.05, 3.63) is 53.6 Å². The van der Waals surface area contributed by atoms with Gasteiger partial charge in [-0.05, 0) is 24.3 Å². The maximum Gasteiger partial charge on any atom is 0.339 e. The molecule has 1 amide bonds. The van der Waals surface area contributed by atoms with E-state index in [0.717, 1.165) is 17.1 Å². The minimum absolute atomic E-state index is 0.00719. The summed E-state index contributed by atoms with van der Waals surface area (Å²) in [5.41, 5.74) is 1.62. The van der Waals surface area contributed by atoms with Crippen LogP contribution < -0.4 is 14.8 Å². The number of hydrogen-bond donors (Lipinski definition) is 1. The number of hydrogen-bond acceptors (Lipinski definition) is 8. The van der Waals surface area contributed by atoms with Crippen molar-refractivity contribution in [2.45, 2.75) is 5.03 Å². The number of thioether (sulfide) groups is 1. The molecule has 0 spiro atoms. The number of anilines is 1. The summed E-state index contributed by atoms with van der Waals surface area (Å²) in [6.45, 7) is 0.933. The number of para-hydroxylation sites is 1. The molecule has 8 nitrogen and oxygen atoms in total. The number of nitriles is 1. The van der Waals surface area contributed by atoms with E-state index in [2.05, 4.69) is 16.4 Å². The topological polar surface area (TPSA) is 111 Å². The quantitative estimate of drug-likeness (QED) is 0.480. The van der Waals surface area contributed by atoms with Gasteiger partial charge in [-0.2, -0.15) is 5.26 Å². The smallest absolute Gasteiger partial charge is 0.339 e. The molecule has 0 radical (unpaired) electrons. The lowest BCUT2D eigenvalue weighted by atomic mass is 10.1. The van der Waals surface area contributed by atoms with Gasteiger partial charge in [0.1, 0.15) is 24.3 Å². The molecule has 31 heavy (non-hydrogen) atoms. The fraction of sp³-hybridized carbons (Fsp3) is 0.182. The minimum atomic E-state index is -0.541. The number of aromatic nitrogens is 1. The van der Waals surface area contributed by atoms with Crippen LogP contribution in [0.3, 0.4) is 0 Å². The number of carbonyl (C=O) groups is 2. The molecule has 0 fully saturated rings. The fourth-order valence-corrected chi connectivity index (χ4v) is 3.85. The highest BCUT2D eigenvalue weighted by Gasteiger charge is 2.17. The molecule has 1 aliphatic rings. The SMILES string of the molecule is COC(=O)c1ccccc1NC(=O)CSc1nc2cc3c(cc2cc1C#N)OCCO3. The number of ether oxygens (including phenoxy) is 3. The second-order valence-corrected chi connectivity index (χ2v) is 7.48. The standard InChI is InChI=1S/C22H17N3O5S/c1-28-22(27)15-4-2-3-5-16(15)24-20(26)12-31-21-14(11-23)8-13-9-18-19(10-17(13)25-21)30-7-6-29-18/h2-5,8-10H,6-7,12H2,1H3,(H,24,26). The van der Waals surface area contributed by atoms with E-state index in [9.17, 15) is 14.9 Å². The number of fused-ring (bicyclic) bond motifs is 2. The van der Waals surface area contributed by atoms with Crippen LogP contribution in [0, 0.1) is 11.3 Å². The monoisotopic (exact) mass is 435 g/mol. The molecule has 1 N–H and O–H groups in total. The lowest BCUT2D eigenvalue weighted by Gasteiger charge is -2.18. The van der Waals surface area contributed by atoms with Crippen LogP contribution >= 0.6 is 11.8 Å². The summed E-state index contributed by atoms with van der Waals surface area (Å²) in [5, 5.41) is 13.4. The fourth-order valence-electron chi connectivity index (χ4n) is 3.08. The van der Waals surface area contributed by atoms with Gasteiger partial charge in [-0.1, -0.05) is 23.9 Å². The van der Waals surface area contributed by atoms with Gasteiger partial charge >= 0.3 is 5.97 Å². The van der Waals surface area contributed by atoms with E-state index in [1.807, 2.05) is 0 Å². The van der Waals surface area contributed by atoms with Crippen molar-refractivity contribution >= 4 is 40.2 Å². The number of nitrogens with one attached hydrogen (secondary N) is 1. The van der Waals surface area contributed by atoms with Gasteiger partial charge in [-0.15, -0.1) is 0 Å². The Balaban J connectivity index is 1.53. The van der Waals surface area contributed by atoms with Crippen LogP contribution in [-0.2, 0) is 9.53 Å². The second-order valence-electron chi connectivity index (χ2n) is 6.52. The first-order valence-corrected chi connectivity index (χ1v) is 10.3. The van der Waals surface area contributed by atoms with Crippen LogP contribution in [0.1, 0.15) is 15.9 Å². The molecule has 3 aromatic rings. The van der Waals surface area contributed by atoms with E-state index in [1.165, 1.54) is 7.11 Å². The molecule has 0 atom stereocenters. The van der Waals surface area contributed by atoms with Gasteiger partial charge in [0.15, 0.2) is 11.5 Å². The summed E-state index contributed by atoms with van der Waals surface area (Å²) in [6.07, 6.45) is 0. The van der Waals surface area contributed by atoms with Crippen molar-refractivity contribution in [3.63, 3.8) is 0 Å². The Labute approximate surface area is 182 Å². The first kappa shape index (κ1) is 20.5. The summed E-state index contributed by atoms with van der Waals surface area (Å²) in [4.78, 5) is 28.9. The Morgan fingerprint density at radius 1 is 1.19 bits per heavy atom. The molecule has 0 saturated carbocycles. The van der Waals surface area contributed by atoms with Crippen molar-refractivity contribution in [2.75, 3.05) is 31.4 Å². The predicted molar refractivity (Wildman–Crippen MR) is 115 cm³/mol. The molecule has 0 saturated heterocycles. The normalized spacial score (nSPS) is 12.1. The Hall–Kier alpha value is -3.77. The van der Waals surface area contributed by atoms with Gasteiger partial charge in [-0.3, -0.25) is 4.79 Å². The highest BCUT2D eigenvalue weighted by Crippen LogP contribution is 2.35. The first-order chi connectivity index (χ1) is 15.1. The lowest BCUT2D eigenvalue weighted by Crippen LogP contribution is -2.17. The predicted octanol–water partition coefficient (Wildman–Crippen LogP) is 3.40. The van der Waals surface area contributed by atoms with Crippen molar-refractivity contribution in [3.8, 4) is 17.6 Å². The highest BCUT2D eigenvalue weighted by atomic mass is 32.2. The number of benzene rings is 2. The molecule has 156 valence electrons. The molecule has 1 aromatic heterocycles. The second kappa shape index (κ2) is 8.93. The minimum Gasteiger partial charge on any atom is -0.486 e. The van der Waals surface area contributed by atoms with Crippen molar-refractivity contribution in [1.82, 2.24) is 4.98 Å². The molecule has 0 unspecified atom stereocenters. The zero-order valence-corrected chi connectivity index (χ0v) is 17.3. The van der Waals surface area contributed by atoms with Gasteiger partial charge < -0.3 is 19.5 Å². The first-order valence-electron chi connectivity index (χ1n) is 9.33. The van der Waals surface area contributed by atoms with Crippen LogP contribution in [-0.4, -0.2) is 42.9 Å². The number of carbonyl (C=O) groups excluding carboxylic acids is 2. The maximum atomic E-state index is 12.5. The maximum absolute atomic E-state index is 12.5. The van der Waals surface area contributed by atoms with Crippen LogP contribution in [0.15, 0.2) is 47.5 Å². The summed E-state index contributed by atoms with van der Waals surface area (Å²) >= 11 is 1.14. The third-order valence-corrected chi connectivity index (χ3v) is 5.50. The van der Waals surface area contributed by atoms with E-state index in [-0.39, 0.29) is 17.2 Å². The average molecular weight is 435 g/mol. The Kier molecular flexibility index (Phi) is 5.91. The number of rotatable bonds is 5.